The molecule has 0 spiro atoms. The number of nitrogens with one attached hydrogen (secondary N) is 1. The van der Waals surface area contributed by atoms with Gasteiger partial charge in [0.05, 0.1) is 28.7 Å². The summed E-state index contributed by atoms with van der Waals surface area (Å²) in [5.41, 5.74) is 3.04. The Bertz CT molecular complexity index is 777. The first-order valence-corrected chi connectivity index (χ1v) is 9.76. The Morgan fingerprint density at radius 1 is 1.37 bits per heavy atom. The number of nitrogens with zero attached hydrogens (tertiary/aromatic N) is 2. The van der Waals surface area contributed by atoms with Crippen LogP contribution in [-0.2, 0) is 17.6 Å². The lowest BCUT2D eigenvalue weighted by Crippen LogP contribution is -2.32. The number of hydrogen-bond acceptors (Lipinski definition) is 3. The van der Waals surface area contributed by atoms with Crippen LogP contribution < -0.4 is 5.32 Å². The molecule has 5 nitrogen and oxygen atoms in total. The van der Waals surface area contributed by atoms with Crippen LogP contribution in [0.3, 0.4) is 0 Å². The van der Waals surface area contributed by atoms with Crippen molar-refractivity contribution in [1.29, 1.82) is 0 Å². The Labute approximate surface area is 159 Å². The van der Waals surface area contributed by atoms with Crippen molar-refractivity contribution in [2.75, 3.05) is 13.2 Å². The predicted octanol–water partition coefficient (Wildman–Crippen LogP) is 3.68. The van der Waals surface area contributed by atoms with Crippen LogP contribution in [0.2, 0.25) is 0 Å². The summed E-state index contributed by atoms with van der Waals surface area (Å²) in [6, 6.07) is 6.20. The van der Waals surface area contributed by atoms with Crippen LogP contribution in [0.4, 0.5) is 4.39 Å². The summed E-state index contributed by atoms with van der Waals surface area (Å²) in [5, 5.41) is 7.75. The molecule has 27 heavy (non-hydrogen) atoms. The van der Waals surface area contributed by atoms with Crippen LogP contribution >= 0.6 is 0 Å². The molecule has 1 atom stereocenters. The molecule has 1 aliphatic heterocycles. The quantitative estimate of drug-likeness (QED) is 0.805. The third kappa shape index (κ3) is 4.56. The van der Waals surface area contributed by atoms with Crippen LogP contribution in [0, 0.1) is 11.7 Å². The summed E-state index contributed by atoms with van der Waals surface area (Å²) >= 11 is 0. The van der Waals surface area contributed by atoms with Gasteiger partial charge in [-0.15, -0.1) is 0 Å². The second-order valence-electron chi connectivity index (χ2n) is 7.45. The van der Waals surface area contributed by atoms with Gasteiger partial charge in [0.1, 0.15) is 5.82 Å². The molecule has 0 saturated carbocycles. The number of rotatable bonds is 7. The summed E-state index contributed by atoms with van der Waals surface area (Å²) in [5.74, 6) is -0.0248. The van der Waals surface area contributed by atoms with E-state index in [2.05, 4.69) is 19.2 Å². The average molecular weight is 373 g/mol. The highest BCUT2D eigenvalue weighted by Gasteiger charge is 2.25. The number of hydrogen-bond donors (Lipinski definition) is 1. The highest BCUT2D eigenvalue weighted by Crippen LogP contribution is 2.23. The van der Waals surface area contributed by atoms with Crippen LogP contribution in [0.25, 0.3) is 5.69 Å². The van der Waals surface area contributed by atoms with Crippen molar-refractivity contribution in [3.63, 3.8) is 0 Å². The van der Waals surface area contributed by atoms with Crippen molar-refractivity contribution < 1.29 is 13.9 Å². The molecule has 0 unspecified atom stereocenters. The fraction of sp³-hybridized carbons (Fsp3) is 0.524. The van der Waals surface area contributed by atoms with Crippen LogP contribution in [0.15, 0.2) is 24.3 Å². The minimum atomic E-state index is -0.291. The van der Waals surface area contributed by atoms with E-state index in [9.17, 15) is 9.18 Å². The largest absolute Gasteiger partial charge is 0.376 e. The maximum absolute atomic E-state index is 13.3. The van der Waals surface area contributed by atoms with Crippen molar-refractivity contribution in [1.82, 2.24) is 15.1 Å². The Balaban J connectivity index is 1.93. The molecule has 0 aliphatic carbocycles. The Hall–Kier alpha value is -2.21. The van der Waals surface area contributed by atoms with Crippen molar-refractivity contribution in [2.45, 2.75) is 52.6 Å². The molecule has 2 heterocycles. The summed E-state index contributed by atoms with van der Waals surface area (Å²) in [6.45, 7) is 7.51. The molecule has 2 aromatic rings. The molecule has 1 aromatic heterocycles. The number of halogens is 1. The Morgan fingerprint density at radius 3 is 2.70 bits per heavy atom. The van der Waals surface area contributed by atoms with Gasteiger partial charge in [-0.3, -0.25) is 4.79 Å². The van der Waals surface area contributed by atoms with Gasteiger partial charge in [0, 0.05) is 13.2 Å². The van der Waals surface area contributed by atoms with Crippen molar-refractivity contribution >= 4 is 5.91 Å². The first-order chi connectivity index (χ1) is 13.0. The summed E-state index contributed by atoms with van der Waals surface area (Å²) in [7, 11) is 0. The summed E-state index contributed by atoms with van der Waals surface area (Å²) < 4.78 is 20.7. The van der Waals surface area contributed by atoms with Crippen molar-refractivity contribution in [3.05, 3.63) is 47.0 Å². The zero-order valence-electron chi connectivity index (χ0n) is 16.3. The molecule has 0 bridgehead atoms. The standard InChI is InChI=1S/C21H28FN3O2/c1-4-19-20(21(26)23-13-17-6-5-11-27-17)18(12-14(2)3)24-25(19)16-9-7-15(22)8-10-16/h7-10,14,17H,4-6,11-13H2,1-3H3,(H,23,26)/t17-/m1/s1. The fourth-order valence-electron chi connectivity index (χ4n) is 3.52. The molecule has 0 radical (unpaired) electrons. The van der Waals surface area contributed by atoms with Gasteiger partial charge in [0.25, 0.3) is 5.91 Å². The smallest absolute Gasteiger partial charge is 0.255 e. The molecule has 146 valence electrons. The van der Waals surface area contributed by atoms with E-state index in [0.29, 0.717) is 30.9 Å². The van der Waals surface area contributed by atoms with E-state index in [-0.39, 0.29) is 17.8 Å². The molecule has 3 rings (SSSR count). The number of carbonyl (C=O) groups is 1. The van der Waals surface area contributed by atoms with Gasteiger partial charge in [-0.05, 0) is 55.9 Å². The lowest BCUT2D eigenvalue weighted by atomic mass is 10.0. The molecule has 1 saturated heterocycles. The van der Waals surface area contributed by atoms with E-state index in [4.69, 9.17) is 9.84 Å². The number of ether oxygens (including phenoxy) is 1. The molecule has 1 aliphatic rings. The number of carbonyl (C=O) groups excluding carboxylic acids is 1. The number of amides is 1. The normalized spacial score (nSPS) is 16.9. The minimum absolute atomic E-state index is 0.0970. The van der Waals surface area contributed by atoms with E-state index in [1.807, 2.05) is 6.92 Å². The van der Waals surface area contributed by atoms with Crippen LogP contribution in [0.1, 0.15) is 55.4 Å². The van der Waals surface area contributed by atoms with Gasteiger partial charge < -0.3 is 10.1 Å². The van der Waals surface area contributed by atoms with Crippen LogP contribution in [0.5, 0.6) is 0 Å². The lowest BCUT2D eigenvalue weighted by Gasteiger charge is -2.12. The van der Waals surface area contributed by atoms with Gasteiger partial charge in [0.2, 0.25) is 0 Å². The van der Waals surface area contributed by atoms with Crippen LogP contribution in [-0.4, -0.2) is 34.9 Å². The fourth-order valence-corrected chi connectivity index (χ4v) is 3.52. The van der Waals surface area contributed by atoms with Crippen molar-refractivity contribution in [2.24, 2.45) is 5.92 Å². The first kappa shape index (κ1) is 19.5. The maximum atomic E-state index is 13.3. The second-order valence-corrected chi connectivity index (χ2v) is 7.45. The van der Waals surface area contributed by atoms with Gasteiger partial charge in [0.15, 0.2) is 0 Å². The number of aromatic nitrogens is 2. The van der Waals surface area contributed by atoms with E-state index in [1.165, 1.54) is 12.1 Å². The first-order valence-electron chi connectivity index (χ1n) is 9.76. The monoisotopic (exact) mass is 373 g/mol. The predicted molar refractivity (Wildman–Crippen MR) is 103 cm³/mol. The van der Waals surface area contributed by atoms with E-state index in [1.54, 1.807) is 16.8 Å². The zero-order chi connectivity index (χ0) is 19.4. The van der Waals surface area contributed by atoms with E-state index >= 15 is 0 Å². The zero-order valence-corrected chi connectivity index (χ0v) is 16.3. The molecule has 1 aromatic carbocycles. The molecule has 1 fully saturated rings. The molecule has 6 heteroatoms. The van der Waals surface area contributed by atoms with Gasteiger partial charge >= 0.3 is 0 Å². The third-order valence-corrected chi connectivity index (χ3v) is 4.80. The SMILES string of the molecule is CCc1c(C(=O)NC[C@H]2CCCO2)c(CC(C)C)nn1-c1ccc(F)cc1. The minimum Gasteiger partial charge on any atom is -0.376 e. The van der Waals surface area contributed by atoms with Gasteiger partial charge in [-0.1, -0.05) is 20.8 Å². The van der Waals surface area contributed by atoms with E-state index < -0.39 is 0 Å². The topological polar surface area (TPSA) is 56.1 Å². The molecular formula is C21H28FN3O2. The second kappa shape index (κ2) is 8.65. The molecule has 1 N–H and O–H groups in total. The van der Waals surface area contributed by atoms with Gasteiger partial charge in [-0.2, -0.15) is 5.10 Å². The highest BCUT2D eigenvalue weighted by molar-refractivity contribution is 5.96. The van der Waals surface area contributed by atoms with E-state index in [0.717, 1.165) is 36.5 Å². The summed E-state index contributed by atoms with van der Waals surface area (Å²) in [6.07, 6.45) is 3.49. The molecular weight excluding hydrogens is 345 g/mol. The lowest BCUT2D eigenvalue weighted by molar-refractivity contribution is 0.0856. The molecule has 1 amide bonds. The average Bonchev–Trinajstić information content (AvgIpc) is 3.27. The highest BCUT2D eigenvalue weighted by atomic mass is 19.1. The Kier molecular flexibility index (Phi) is 6.26. The van der Waals surface area contributed by atoms with Crippen molar-refractivity contribution in [3.8, 4) is 5.69 Å². The van der Waals surface area contributed by atoms with Gasteiger partial charge in [-0.25, -0.2) is 9.07 Å². The Morgan fingerprint density at radius 2 is 2.11 bits per heavy atom. The number of benzene rings is 1. The third-order valence-electron chi connectivity index (χ3n) is 4.80. The summed E-state index contributed by atoms with van der Waals surface area (Å²) in [4.78, 5) is 13.0. The maximum Gasteiger partial charge on any atom is 0.255 e.